The van der Waals surface area contributed by atoms with E-state index in [9.17, 15) is 4.79 Å². The molecule has 3 aromatic rings. The lowest BCUT2D eigenvalue weighted by atomic mass is 10.1. The van der Waals surface area contributed by atoms with Gasteiger partial charge in [-0.1, -0.05) is 11.6 Å². The summed E-state index contributed by atoms with van der Waals surface area (Å²) in [7, 11) is 1.66. The van der Waals surface area contributed by atoms with Crippen molar-refractivity contribution in [1.29, 1.82) is 0 Å². The van der Waals surface area contributed by atoms with E-state index in [1.54, 1.807) is 31.4 Å². The van der Waals surface area contributed by atoms with Gasteiger partial charge in [0.15, 0.2) is 12.2 Å². The van der Waals surface area contributed by atoms with E-state index in [-0.39, 0.29) is 12.5 Å². The summed E-state index contributed by atoms with van der Waals surface area (Å²) < 4.78 is 9.60. The fourth-order valence-corrected chi connectivity index (χ4v) is 3.65. The maximum Gasteiger partial charge on any atom is 0.266 e. The Labute approximate surface area is 163 Å². The molecule has 1 aliphatic heterocycles. The lowest BCUT2D eigenvalue weighted by Gasteiger charge is -2.04. The molecular weight excluding hydrogens is 362 g/mol. The van der Waals surface area contributed by atoms with Crippen molar-refractivity contribution >= 4 is 23.2 Å². The van der Waals surface area contributed by atoms with Gasteiger partial charge < -0.3 is 10.1 Å². The van der Waals surface area contributed by atoms with Gasteiger partial charge in [-0.15, -0.1) is 0 Å². The smallest absolute Gasteiger partial charge is 0.266 e. The molecule has 1 aliphatic rings. The molecule has 4 rings (SSSR count). The number of ether oxygens (including phenoxy) is 1. The standard InChI is InChI=1S/C21H20ClN3O2/c1-27-18-10-4-15(5-11-18)19-13-24(21-3-2-12-25(19)21)14-20(26)23-17-8-6-16(22)7-9-17/h4-11,13H,2-3,12,14H2,1H3/p+1. The Morgan fingerprint density at radius 2 is 1.93 bits per heavy atom. The largest absolute Gasteiger partial charge is 0.497 e. The second kappa shape index (κ2) is 7.45. The third-order valence-electron chi connectivity index (χ3n) is 4.82. The first-order valence-corrected chi connectivity index (χ1v) is 9.33. The van der Waals surface area contributed by atoms with Crippen LogP contribution in [0, 0.1) is 0 Å². The number of hydrogen-bond donors (Lipinski definition) is 1. The highest BCUT2D eigenvalue weighted by molar-refractivity contribution is 6.30. The van der Waals surface area contributed by atoms with Gasteiger partial charge in [-0.2, -0.15) is 0 Å². The third-order valence-corrected chi connectivity index (χ3v) is 5.07. The molecular formula is C21H21ClN3O2+. The van der Waals surface area contributed by atoms with Crippen LogP contribution >= 0.6 is 11.6 Å². The number of rotatable bonds is 5. The van der Waals surface area contributed by atoms with Gasteiger partial charge >= 0.3 is 0 Å². The molecule has 0 fully saturated rings. The molecule has 0 bridgehead atoms. The summed E-state index contributed by atoms with van der Waals surface area (Å²) in [6, 6.07) is 15.2. The normalized spacial score (nSPS) is 12.7. The molecule has 0 unspecified atom stereocenters. The van der Waals surface area contributed by atoms with E-state index in [0.717, 1.165) is 42.1 Å². The van der Waals surface area contributed by atoms with Gasteiger partial charge in [0.1, 0.15) is 11.9 Å². The van der Waals surface area contributed by atoms with Gasteiger partial charge in [0.2, 0.25) is 0 Å². The van der Waals surface area contributed by atoms with Crippen molar-refractivity contribution in [2.24, 2.45) is 0 Å². The summed E-state index contributed by atoms with van der Waals surface area (Å²) in [6.45, 7) is 1.26. The number of methoxy groups -OCH3 is 1. The molecule has 5 nitrogen and oxygen atoms in total. The number of halogens is 1. The molecule has 138 valence electrons. The van der Waals surface area contributed by atoms with Gasteiger partial charge in [-0.25, -0.2) is 9.13 Å². The predicted molar refractivity (Wildman–Crippen MR) is 105 cm³/mol. The Morgan fingerprint density at radius 1 is 1.19 bits per heavy atom. The number of amides is 1. The Bertz CT molecular complexity index is 962. The lowest BCUT2D eigenvalue weighted by molar-refractivity contribution is -0.690. The highest BCUT2D eigenvalue weighted by Crippen LogP contribution is 2.26. The topological polar surface area (TPSA) is 47.1 Å². The highest BCUT2D eigenvalue weighted by Gasteiger charge is 2.29. The van der Waals surface area contributed by atoms with E-state index in [4.69, 9.17) is 16.3 Å². The molecule has 0 atom stereocenters. The number of nitrogens with zero attached hydrogens (tertiary/aromatic N) is 2. The first kappa shape index (κ1) is 17.6. The van der Waals surface area contributed by atoms with E-state index in [1.807, 2.05) is 12.1 Å². The van der Waals surface area contributed by atoms with Crippen LogP contribution in [0.15, 0.2) is 54.7 Å². The number of hydrogen-bond acceptors (Lipinski definition) is 2. The summed E-state index contributed by atoms with van der Waals surface area (Å²) in [5.74, 6) is 1.97. The van der Waals surface area contributed by atoms with Gasteiger partial charge in [0.25, 0.3) is 11.7 Å². The molecule has 2 aromatic carbocycles. The maximum absolute atomic E-state index is 12.5. The fourth-order valence-electron chi connectivity index (χ4n) is 3.53. The monoisotopic (exact) mass is 382 g/mol. The van der Waals surface area contributed by atoms with E-state index in [2.05, 4.69) is 32.8 Å². The average molecular weight is 383 g/mol. The first-order chi connectivity index (χ1) is 13.1. The first-order valence-electron chi connectivity index (χ1n) is 8.96. The number of benzene rings is 2. The van der Waals surface area contributed by atoms with Crippen molar-refractivity contribution in [2.45, 2.75) is 25.9 Å². The summed E-state index contributed by atoms with van der Waals surface area (Å²) in [6.07, 6.45) is 4.14. The van der Waals surface area contributed by atoms with E-state index in [0.29, 0.717) is 5.02 Å². The molecule has 0 radical (unpaired) electrons. The minimum atomic E-state index is -0.0519. The second-order valence-corrected chi connectivity index (χ2v) is 7.03. The van der Waals surface area contributed by atoms with Gasteiger partial charge in [0.05, 0.1) is 20.1 Å². The van der Waals surface area contributed by atoms with Crippen LogP contribution in [0.5, 0.6) is 5.75 Å². The van der Waals surface area contributed by atoms with Crippen molar-refractivity contribution in [3.63, 3.8) is 0 Å². The van der Waals surface area contributed by atoms with Crippen LogP contribution in [0.2, 0.25) is 5.02 Å². The van der Waals surface area contributed by atoms with Crippen LogP contribution in [0.1, 0.15) is 12.2 Å². The minimum Gasteiger partial charge on any atom is -0.497 e. The second-order valence-electron chi connectivity index (χ2n) is 6.60. The number of carbonyl (C=O) groups excluding carboxylic acids is 1. The quantitative estimate of drug-likeness (QED) is 0.684. The molecule has 1 N–H and O–H groups in total. The van der Waals surface area contributed by atoms with Gasteiger partial charge in [-0.05, 0) is 55.0 Å². The average Bonchev–Trinajstić information content (AvgIpc) is 3.28. The molecule has 1 aromatic heterocycles. The Hall–Kier alpha value is -2.79. The molecule has 0 saturated carbocycles. The van der Waals surface area contributed by atoms with Crippen molar-refractivity contribution in [1.82, 2.24) is 4.57 Å². The van der Waals surface area contributed by atoms with E-state index in [1.165, 1.54) is 5.82 Å². The van der Waals surface area contributed by atoms with E-state index >= 15 is 0 Å². The number of anilines is 1. The van der Waals surface area contributed by atoms with Crippen LogP contribution in [0.25, 0.3) is 11.3 Å². The van der Waals surface area contributed by atoms with E-state index < -0.39 is 0 Å². The molecule has 6 heteroatoms. The lowest BCUT2D eigenvalue weighted by Crippen LogP contribution is -2.42. The predicted octanol–water partition coefficient (Wildman–Crippen LogP) is 3.69. The third kappa shape index (κ3) is 3.69. The number of imidazole rings is 1. The number of carbonyl (C=O) groups is 1. The zero-order chi connectivity index (χ0) is 18.8. The van der Waals surface area contributed by atoms with Gasteiger partial charge in [0, 0.05) is 16.3 Å². The molecule has 2 heterocycles. The van der Waals surface area contributed by atoms with Crippen molar-refractivity contribution < 1.29 is 14.1 Å². The zero-order valence-corrected chi connectivity index (χ0v) is 15.9. The fraction of sp³-hybridized carbons (Fsp3) is 0.238. The molecule has 0 aliphatic carbocycles. The Morgan fingerprint density at radius 3 is 2.63 bits per heavy atom. The van der Waals surface area contributed by atoms with Crippen LogP contribution in [0.3, 0.4) is 0 Å². The maximum atomic E-state index is 12.5. The Kier molecular flexibility index (Phi) is 4.86. The van der Waals surface area contributed by atoms with Crippen LogP contribution in [-0.2, 0) is 24.3 Å². The van der Waals surface area contributed by atoms with Crippen molar-refractivity contribution in [2.75, 3.05) is 12.4 Å². The van der Waals surface area contributed by atoms with Crippen LogP contribution < -0.4 is 14.6 Å². The molecule has 0 spiro atoms. The SMILES string of the molecule is COc1ccc(-c2c[n+](CC(=O)Nc3ccc(Cl)cc3)c3n2CCC3)cc1. The number of aromatic nitrogens is 2. The van der Waals surface area contributed by atoms with Crippen molar-refractivity contribution in [3.8, 4) is 17.0 Å². The number of nitrogens with one attached hydrogen (secondary N) is 1. The summed E-state index contributed by atoms with van der Waals surface area (Å²) >= 11 is 5.89. The minimum absolute atomic E-state index is 0.0519. The van der Waals surface area contributed by atoms with Crippen molar-refractivity contribution in [3.05, 3.63) is 65.6 Å². The Balaban J connectivity index is 1.56. The molecule has 27 heavy (non-hydrogen) atoms. The van der Waals surface area contributed by atoms with Gasteiger partial charge in [-0.3, -0.25) is 4.79 Å². The summed E-state index contributed by atoms with van der Waals surface area (Å²) in [5, 5.41) is 3.58. The highest BCUT2D eigenvalue weighted by atomic mass is 35.5. The molecule has 1 amide bonds. The zero-order valence-electron chi connectivity index (χ0n) is 15.1. The van der Waals surface area contributed by atoms with Crippen LogP contribution in [-0.4, -0.2) is 17.6 Å². The summed E-state index contributed by atoms with van der Waals surface area (Å²) in [4.78, 5) is 12.5. The van der Waals surface area contributed by atoms with Crippen LogP contribution in [0.4, 0.5) is 5.69 Å². The summed E-state index contributed by atoms with van der Waals surface area (Å²) in [5.41, 5.74) is 3.00. The number of fused-ring (bicyclic) bond motifs is 1. The molecule has 0 saturated heterocycles.